The van der Waals surface area contributed by atoms with E-state index < -0.39 is 0 Å². The smallest absolute Gasteiger partial charge is 0.385 e. The van der Waals surface area contributed by atoms with Crippen LogP contribution in [0, 0.1) is 16.5 Å². The molecule has 0 aliphatic heterocycles. The summed E-state index contributed by atoms with van der Waals surface area (Å²) in [6, 6.07) is 6.58. The summed E-state index contributed by atoms with van der Waals surface area (Å²) in [5, 5.41) is 20.4. The zero-order valence-corrected chi connectivity index (χ0v) is 9.33. The van der Waals surface area contributed by atoms with E-state index in [1.165, 1.54) is 12.3 Å². The van der Waals surface area contributed by atoms with E-state index in [4.69, 9.17) is 21.6 Å². The van der Waals surface area contributed by atoms with Gasteiger partial charge in [-0.05, 0) is 6.07 Å². The first-order valence-electron chi connectivity index (χ1n) is 4.13. The summed E-state index contributed by atoms with van der Waals surface area (Å²) < 4.78 is 9.56. The molecule has 2 aromatic heterocycles. The standard InChI is InChI=1S/C9H4ClN3O2S/c10-8-6(5-11)9(16-12-8)15-7-3-1-2-4-13(7)14/h1-4H. The minimum absolute atomic E-state index is 0.0688. The molecule has 0 saturated heterocycles. The van der Waals surface area contributed by atoms with Crippen LogP contribution in [0.5, 0.6) is 10.9 Å². The second-order valence-corrected chi connectivity index (χ2v) is 3.81. The molecule has 0 N–H and O–H groups in total. The quantitative estimate of drug-likeness (QED) is 0.607. The van der Waals surface area contributed by atoms with Crippen LogP contribution in [0.2, 0.25) is 5.15 Å². The van der Waals surface area contributed by atoms with Crippen molar-refractivity contribution in [1.82, 2.24) is 4.37 Å². The van der Waals surface area contributed by atoms with Crippen LogP contribution in [0.25, 0.3) is 0 Å². The van der Waals surface area contributed by atoms with Crippen molar-refractivity contribution in [3.8, 4) is 17.0 Å². The molecule has 0 fully saturated rings. The molecule has 7 heteroatoms. The summed E-state index contributed by atoms with van der Waals surface area (Å²) in [7, 11) is 0. The Morgan fingerprint density at radius 3 is 3.06 bits per heavy atom. The van der Waals surface area contributed by atoms with Crippen molar-refractivity contribution in [2.24, 2.45) is 0 Å². The lowest BCUT2D eigenvalue weighted by Gasteiger charge is -2.02. The van der Waals surface area contributed by atoms with E-state index in [0.29, 0.717) is 4.73 Å². The summed E-state index contributed by atoms with van der Waals surface area (Å²) in [5.74, 6) is 0.0688. The lowest BCUT2D eigenvalue weighted by Crippen LogP contribution is -2.26. The molecule has 0 aromatic carbocycles. The minimum atomic E-state index is 0.0688. The average molecular weight is 254 g/mol. The van der Waals surface area contributed by atoms with E-state index in [2.05, 4.69) is 4.37 Å². The highest BCUT2D eigenvalue weighted by molar-refractivity contribution is 7.08. The molecule has 5 nitrogen and oxygen atoms in total. The van der Waals surface area contributed by atoms with Crippen LogP contribution >= 0.6 is 23.1 Å². The van der Waals surface area contributed by atoms with Crippen LogP contribution in [-0.2, 0) is 0 Å². The SMILES string of the molecule is N#Cc1c(Cl)nsc1Oc1cccc[n+]1[O-]. The van der Waals surface area contributed by atoms with Gasteiger partial charge in [-0.1, -0.05) is 11.6 Å². The molecule has 0 aliphatic carbocycles. The average Bonchev–Trinajstić information content (AvgIpc) is 2.63. The molecule has 0 bridgehead atoms. The highest BCUT2D eigenvalue weighted by atomic mass is 35.5. The predicted octanol–water partition coefficient (Wildman–Crippen LogP) is 2.09. The Labute approximate surface area is 99.8 Å². The van der Waals surface area contributed by atoms with Gasteiger partial charge in [0.25, 0.3) is 0 Å². The molecule has 2 rings (SSSR count). The van der Waals surface area contributed by atoms with Gasteiger partial charge in [0.05, 0.1) is 6.07 Å². The highest BCUT2D eigenvalue weighted by Crippen LogP contribution is 2.32. The number of halogens is 1. The van der Waals surface area contributed by atoms with Crippen molar-refractivity contribution in [2.75, 3.05) is 0 Å². The van der Waals surface area contributed by atoms with Gasteiger partial charge in [0.2, 0.25) is 5.06 Å². The van der Waals surface area contributed by atoms with Gasteiger partial charge in [0, 0.05) is 17.6 Å². The van der Waals surface area contributed by atoms with E-state index >= 15 is 0 Å². The Morgan fingerprint density at radius 2 is 2.38 bits per heavy atom. The number of ether oxygens (including phenoxy) is 1. The topological polar surface area (TPSA) is 72.8 Å². The van der Waals surface area contributed by atoms with Crippen LogP contribution in [0.4, 0.5) is 0 Å². The zero-order chi connectivity index (χ0) is 11.5. The molecule has 0 radical (unpaired) electrons. The van der Waals surface area contributed by atoms with E-state index in [0.717, 1.165) is 11.5 Å². The number of rotatable bonds is 2. The molecular weight excluding hydrogens is 250 g/mol. The lowest BCUT2D eigenvalue weighted by atomic mass is 10.4. The fraction of sp³-hybridized carbons (Fsp3) is 0. The van der Waals surface area contributed by atoms with Gasteiger partial charge < -0.3 is 9.94 Å². The van der Waals surface area contributed by atoms with Gasteiger partial charge in [0.15, 0.2) is 11.3 Å². The molecule has 0 amide bonds. The first-order chi connectivity index (χ1) is 7.72. The molecule has 0 spiro atoms. The first kappa shape index (κ1) is 10.7. The van der Waals surface area contributed by atoms with Crippen molar-refractivity contribution in [1.29, 1.82) is 5.26 Å². The van der Waals surface area contributed by atoms with Gasteiger partial charge in [-0.15, -0.1) is 4.73 Å². The fourth-order valence-electron chi connectivity index (χ4n) is 1.01. The van der Waals surface area contributed by atoms with Crippen LogP contribution in [0.3, 0.4) is 0 Å². The number of hydrogen-bond donors (Lipinski definition) is 0. The second kappa shape index (κ2) is 4.35. The molecule has 16 heavy (non-hydrogen) atoms. The third-order valence-electron chi connectivity index (χ3n) is 1.72. The third-order valence-corrected chi connectivity index (χ3v) is 2.82. The van der Waals surface area contributed by atoms with Gasteiger partial charge >= 0.3 is 5.88 Å². The molecule has 0 atom stereocenters. The van der Waals surface area contributed by atoms with Crippen molar-refractivity contribution < 1.29 is 9.47 Å². The number of hydrogen-bond acceptors (Lipinski definition) is 5. The van der Waals surface area contributed by atoms with Gasteiger partial charge in [0.1, 0.15) is 11.6 Å². The maximum Gasteiger partial charge on any atom is 0.385 e. The third kappa shape index (κ3) is 1.91. The summed E-state index contributed by atoms with van der Waals surface area (Å²) in [6.45, 7) is 0. The van der Waals surface area contributed by atoms with E-state index in [-0.39, 0.29) is 21.7 Å². The van der Waals surface area contributed by atoms with Gasteiger partial charge in [-0.25, -0.2) is 0 Å². The maximum atomic E-state index is 11.3. The molecule has 0 saturated carbocycles. The van der Waals surface area contributed by atoms with E-state index in [1.54, 1.807) is 12.1 Å². The normalized spacial score (nSPS) is 9.75. The molecule has 2 heterocycles. The Balaban J connectivity index is 2.35. The maximum absolute atomic E-state index is 11.3. The Kier molecular flexibility index (Phi) is 2.90. The van der Waals surface area contributed by atoms with Crippen molar-refractivity contribution in [3.63, 3.8) is 0 Å². The van der Waals surface area contributed by atoms with Gasteiger partial charge in [-0.3, -0.25) is 0 Å². The van der Waals surface area contributed by atoms with Crippen LogP contribution in [-0.4, -0.2) is 4.37 Å². The fourth-order valence-corrected chi connectivity index (χ4v) is 1.90. The summed E-state index contributed by atoms with van der Waals surface area (Å²) in [6.07, 6.45) is 1.30. The minimum Gasteiger partial charge on any atom is -0.616 e. The number of nitrogens with zero attached hydrogens (tertiary/aromatic N) is 3. The molecule has 2 aromatic rings. The summed E-state index contributed by atoms with van der Waals surface area (Å²) in [4.78, 5) is 0. The van der Waals surface area contributed by atoms with Crippen LogP contribution in [0.1, 0.15) is 5.56 Å². The number of pyridine rings is 1. The lowest BCUT2D eigenvalue weighted by molar-refractivity contribution is -0.611. The van der Waals surface area contributed by atoms with Crippen LogP contribution < -0.4 is 9.47 Å². The number of aromatic nitrogens is 2. The first-order valence-corrected chi connectivity index (χ1v) is 5.29. The largest absolute Gasteiger partial charge is 0.616 e. The van der Waals surface area contributed by atoms with Crippen molar-refractivity contribution >= 4 is 23.1 Å². The van der Waals surface area contributed by atoms with E-state index in [1.807, 2.05) is 6.07 Å². The Bertz CT molecular complexity index is 564. The molecule has 0 unspecified atom stereocenters. The predicted molar refractivity (Wildman–Crippen MR) is 57.3 cm³/mol. The highest BCUT2D eigenvalue weighted by Gasteiger charge is 2.16. The second-order valence-electron chi connectivity index (χ2n) is 2.71. The zero-order valence-electron chi connectivity index (χ0n) is 7.75. The van der Waals surface area contributed by atoms with Crippen LogP contribution in [0.15, 0.2) is 24.4 Å². The van der Waals surface area contributed by atoms with Crippen molar-refractivity contribution in [2.45, 2.75) is 0 Å². The monoisotopic (exact) mass is 253 g/mol. The Morgan fingerprint density at radius 1 is 1.56 bits per heavy atom. The Hall–Kier alpha value is -1.84. The summed E-state index contributed by atoms with van der Waals surface area (Å²) in [5.41, 5.74) is 0.135. The molecule has 0 aliphatic rings. The summed E-state index contributed by atoms with van der Waals surface area (Å²) >= 11 is 6.59. The van der Waals surface area contributed by atoms with Crippen molar-refractivity contribution in [3.05, 3.63) is 40.3 Å². The molecule has 80 valence electrons. The van der Waals surface area contributed by atoms with E-state index in [9.17, 15) is 5.21 Å². The molecular formula is C9H4ClN3O2S. The number of nitriles is 1. The van der Waals surface area contributed by atoms with Gasteiger partial charge in [-0.2, -0.15) is 9.64 Å².